The second-order valence-electron chi connectivity index (χ2n) is 4.64. The molecule has 0 atom stereocenters. The van der Waals surface area contributed by atoms with Crippen molar-refractivity contribution in [2.45, 2.75) is 6.54 Å². The number of carbonyl (C=O) groups excluding carboxylic acids is 1. The maximum atomic E-state index is 11.6. The van der Waals surface area contributed by atoms with Gasteiger partial charge in [0, 0.05) is 19.3 Å². The fraction of sp³-hybridized carbons (Fsp3) is 0.462. The summed E-state index contributed by atoms with van der Waals surface area (Å²) in [7, 11) is 1.37. The summed E-state index contributed by atoms with van der Waals surface area (Å²) in [6, 6.07) is 3.45. The van der Waals surface area contributed by atoms with Gasteiger partial charge in [0.15, 0.2) is 11.5 Å². The van der Waals surface area contributed by atoms with Crippen molar-refractivity contribution in [2.75, 3.05) is 33.4 Å². The van der Waals surface area contributed by atoms with Crippen LogP contribution in [-0.4, -0.2) is 58.9 Å². The van der Waals surface area contributed by atoms with Gasteiger partial charge in [-0.15, -0.1) is 10.2 Å². The monoisotopic (exact) mass is 276 g/mol. The van der Waals surface area contributed by atoms with Crippen LogP contribution in [0.15, 0.2) is 18.3 Å². The van der Waals surface area contributed by atoms with E-state index in [9.17, 15) is 4.79 Å². The van der Waals surface area contributed by atoms with Gasteiger partial charge in [-0.2, -0.15) is 0 Å². The highest BCUT2D eigenvalue weighted by Crippen LogP contribution is 2.11. The van der Waals surface area contributed by atoms with E-state index < -0.39 is 0 Å². The van der Waals surface area contributed by atoms with Gasteiger partial charge in [-0.05, 0) is 12.1 Å². The average Bonchev–Trinajstić information content (AvgIpc) is 2.90. The number of morpholine rings is 1. The molecular formula is C13H16N4O3. The maximum Gasteiger partial charge on any atom is 0.339 e. The van der Waals surface area contributed by atoms with Crippen LogP contribution in [0.2, 0.25) is 0 Å². The van der Waals surface area contributed by atoms with Crippen LogP contribution in [0, 0.1) is 0 Å². The standard InChI is InChI=1S/C13H16N4O3/c1-19-13(18)10-2-3-11-14-15-12(17(11)8-10)9-16-4-6-20-7-5-16/h2-3,8H,4-7,9H2,1H3. The van der Waals surface area contributed by atoms with Gasteiger partial charge in [0.05, 0.1) is 32.4 Å². The number of nitrogens with zero attached hydrogens (tertiary/aromatic N) is 4. The third-order valence-corrected chi connectivity index (χ3v) is 3.36. The van der Waals surface area contributed by atoms with Gasteiger partial charge in [-0.1, -0.05) is 0 Å². The molecule has 1 fully saturated rings. The molecular weight excluding hydrogens is 260 g/mol. The van der Waals surface area contributed by atoms with Crippen LogP contribution in [-0.2, 0) is 16.0 Å². The quantitative estimate of drug-likeness (QED) is 0.753. The second kappa shape index (κ2) is 5.56. The molecule has 3 rings (SSSR count). The molecule has 2 aromatic rings. The van der Waals surface area contributed by atoms with Gasteiger partial charge >= 0.3 is 5.97 Å². The molecule has 7 nitrogen and oxygen atoms in total. The van der Waals surface area contributed by atoms with E-state index in [-0.39, 0.29) is 5.97 Å². The lowest BCUT2D eigenvalue weighted by atomic mass is 10.3. The molecule has 0 N–H and O–H groups in total. The first kappa shape index (κ1) is 13.0. The molecule has 1 aliphatic rings. The number of pyridine rings is 1. The average molecular weight is 276 g/mol. The Balaban J connectivity index is 1.88. The first-order chi connectivity index (χ1) is 9.78. The smallest absolute Gasteiger partial charge is 0.339 e. The Bertz CT molecular complexity index is 619. The molecule has 0 aromatic carbocycles. The highest BCUT2D eigenvalue weighted by Gasteiger charge is 2.15. The Labute approximate surface area is 116 Å². The lowest BCUT2D eigenvalue weighted by Crippen LogP contribution is -2.36. The van der Waals surface area contributed by atoms with Crippen molar-refractivity contribution in [1.82, 2.24) is 19.5 Å². The number of rotatable bonds is 3. The molecule has 0 amide bonds. The molecule has 0 radical (unpaired) electrons. The van der Waals surface area contributed by atoms with Crippen molar-refractivity contribution in [3.05, 3.63) is 29.7 Å². The Morgan fingerprint density at radius 2 is 2.15 bits per heavy atom. The zero-order valence-electron chi connectivity index (χ0n) is 11.3. The van der Waals surface area contributed by atoms with Crippen molar-refractivity contribution >= 4 is 11.6 Å². The zero-order chi connectivity index (χ0) is 13.9. The summed E-state index contributed by atoms with van der Waals surface area (Å²) < 4.78 is 11.9. The summed E-state index contributed by atoms with van der Waals surface area (Å²) in [5.41, 5.74) is 1.21. The predicted molar refractivity (Wildman–Crippen MR) is 70.4 cm³/mol. The first-order valence-corrected chi connectivity index (χ1v) is 6.50. The van der Waals surface area contributed by atoms with Gasteiger partial charge < -0.3 is 9.47 Å². The zero-order valence-corrected chi connectivity index (χ0v) is 11.3. The molecule has 0 bridgehead atoms. The van der Waals surface area contributed by atoms with Gasteiger partial charge in [0.2, 0.25) is 0 Å². The second-order valence-corrected chi connectivity index (χ2v) is 4.64. The molecule has 0 unspecified atom stereocenters. The van der Waals surface area contributed by atoms with E-state index in [0.29, 0.717) is 12.1 Å². The van der Waals surface area contributed by atoms with Crippen molar-refractivity contribution < 1.29 is 14.3 Å². The number of methoxy groups -OCH3 is 1. The highest BCUT2D eigenvalue weighted by atomic mass is 16.5. The van der Waals surface area contributed by atoms with Crippen LogP contribution in [0.5, 0.6) is 0 Å². The normalized spacial score (nSPS) is 16.4. The highest BCUT2D eigenvalue weighted by molar-refractivity contribution is 5.89. The van der Waals surface area contributed by atoms with E-state index in [0.717, 1.165) is 37.8 Å². The summed E-state index contributed by atoms with van der Waals surface area (Å²) in [4.78, 5) is 13.8. The molecule has 20 heavy (non-hydrogen) atoms. The molecule has 7 heteroatoms. The maximum absolute atomic E-state index is 11.6. The largest absolute Gasteiger partial charge is 0.465 e. The number of aromatic nitrogens is 3. The van der Waals surface area contributed by atoms with Crippen LogP contribution >= 0.6 is 0 Å². The van der Waals surface area contributed by atoms with E-state index >= 15 is 0 Å². The summed E-state index contributed by atoms with van der Waals surface area (Å²) in [5.74, 6) is 0.450. The van der Waals surface area contributed by atoms with Crippen LogP contribution in [0.1, 0.15) is 16.2 Å². The molecule has 0 spiro atoms. The molecule has 1 saturated heterocycles. The fourth-order valence-electron chi connectivity index (χ4n) is 2.24. The minimum absolute atomic E-state index is 0.363. The molecule has 0 aliphatic carbocycles. The number of esters is 1. The molecule has 2 aromatic heterocycles. The van der Waals surface area contributed by atoms with E-state index in [1.807, 2.05) is 4.40 Å². The van der Waals surface area contributed by atoms with Crippen LogP contribution in [0.25, 0.3) is 5.65 Å². The number of hydrogen-bond donors (Lipinski definition) is 0. The van der Waals surface area contributed by atoms with Gasteiger partial charge in [0.1, 0.15) is 0 Å². The van der Waals surface area contributed by atoms with Crippen LogP contribution in [0.4, 0.5) is 0 Å². The summed E-state index contributed by atoms with van der Waals surface area (Å²) in [6.07, 6.45) is 1.72. The molecule has 3 heterocycles. The van der Waals surface area contributed by atoms with Gasteiger partial charge in [-0.25, -0.2) is 4.79 Å². The first-order valence-electron chi connectivity index (χ1n) is 6.50. The minimum Gasteiger partial charge on any atom is -0.465 e. The lowest BCUT2D eigenvalue weighted by molar-refractivity contribution is 0.0329. The number of carbonyl (C=O) groups is 1. The molecule has 1 aliphatic heterocycles. The Morgan fingerprint density at radius 3 is 2.90 bits per heavy atom. The van der Waals surface area contributed by atoms with Gasteiger partial charge in [0.25, 0.3) is 0 Å². The van der Waals surface area contributed by atoms with E-state index in [1.165, 1.54) is 7.11 Å². The SMILES string of the molecule is COC(=O)c1ccc2nnc(CN3CCOCC3)n2c1. The predicted octanol–water partition coefficient (Wildman–Crippen LogP) is 0.348. The van der Waals surface area contributed by atoms with E-state index in [4.69, 9.17) is 9.47 Å². The lowest BCUT2D eigenvalue weighted by Gasteiger charge is -2.25. The van der Waals surface area contributed by atoms with Crippen LogP contribution in [0.3, 0.4) is 0 Å². The third kappa shape index (κ3) is 2.50. The minimum atomic E-state index is -0.363. The molecule has 0 saturated carbocycles. The van der Waals surface area contributed by atoms with Crippen LogP contribution < -0.4 is 0 Å². The number of ether oxygens (including phenoxy) is 2. The summed E-state index contributed by atoms with van der Waals surface area (Å²) in [6.45, 7) is 3.93. The van der Waals surface area contributed by atoms with Crippen molar-refractivity contribution in [3.8, 4) is 0 Å². The number of hydrogen-bond acceptors (Lipinski definition) is 6. The molecule has 106 valence electrons. The van der Waals surface area contributed by atoms with E-state index in [2.05, 4.69) is 15.1 Å². The Morgan fingerprint density at radius 1 is 1.35 bits per heavy atom. The van der Waals surface area contributed by atoms with Crippen molar-refractivity contribution in [2.24, 2.45) is 0 Å². The topological polar surface area (TPSA) is 69.0 Å². The Kier molecular flexibility index (Phi) is 3.62. The van der Waals surface area contributed by atoms with Crippen molar-refractivity contribution in [3.63, 3.8) is 0 Å². The third-order valence-electron chi connectivity index (χ3n) is 3.36. The fourth-order valence-corrected chi connectivity index (χ4v) is 2.24. The summed E-state index contributed by atoms with van der Waals surface area (Å²) in [5, 5.41) is 8.31. The summed E-state index contributed by atoms with van der Waals surface area (Å²) >= 11 is 0. The van der Waals surface area contributed by atoms with Crippen molar-refractivity contribution in [1.29, 1.82) is 0 Å². The van der Waals surface area contributed by atoms with Gasteiger partial charge in [-0.3, -0.25) is 9.30 Å². The Hall–Kier alpha value is -1.99. The number of fused-ring (bicyclic) bond motifs is 1. The van der Waals surface area contributed by atoms with E-state index in [1.54, 1.807) is 18.3 Å².